The van der Waals surface area contributed by atoms with Crippen LogP contribution < -0.4 is 5.32 Å². The fourth-order valence-electron chi connectivity index (χ4n) is 2.52. The Kier molecular flexibility index (Phi) is 4.70. The first-order chi connectivity index (χ1) is 9.76. The second kappa shape index (κ2) is 6.02. The van der Waals surface area contributed by atoms with Crippen LogP contribution in [-0.2, 0) is 16.6 Å². The molecule has 2 rings (SSSR count). The maximum absolute atomic E-state index is 13.6. The van der Waals surface area contributed by atoms with Crippen LogP contribution in [0.2, 0.25) is 0 Å². The summed E-state index contributed by atoms with van der Waals surface area (Å²) in [6.45, 7) is 5.66. The molecule has 1 saturated heterocycles. The lowest BCUT2D eigenvalue weighted by Crippen LogP contribution is -2.41. The third-order valence-electron chi connectivity index (χ3n) is 4.10. The molecule has 1 heterocycles. The molecule has 118 valence electrons. The van der Waals surface area contributed by atoms with Gasteiger partial charge in [-0.2, -0.15) is 4.31 Å². The Morgan fingerprint density at radius 2 is 1.90 bits per heavy atom. The van der Waals surface area contributed by atoms with Gasteiger partial charge in [-0.15, -0.1) is 0 Å². The van der Waals surface area contributed by atoms with Crippen LogP contribution in [0.4, 0.5) is 4.39 Å². The first-order valence-corrected chi connectivity index (χ1v) is 8.63. The van der Waals surface area contributed by atoms with E-state index in [1.807, 2.05) is 0 Å². The predicted octanol–water partition coefficient (Wildman–Crippen LogP) is 2.36. The van der Waals surface area contributed by atoms with Gasteiger partial charge in [0.05, 0.1) is 4.90 Å². The largest absolute Gasteiger partial charge is 0.316 e. The highest BCUT2D eigenvalue weighted by atomic mass is 32.2. The van der Waals surface area contributed by atoms with Gasteiger partial charge < -0.3 is 5.32 Å². The van der Waals surface area contributed by atoms with Crippen LogP contribution in [0.15, 0.2) is 23.1 Å². The highest BCUT2D eigenvalue weighted by Crippen LogP contribution is 2.32. The summed E-state index contributed by atoms with van der Waals surface area (Å²) in [5.41, 5.74) is 0.558. The molecule has 6 heteroatoms. The van der Waals surface area contributed by atoms with Crippen molar-refractivity contribution in [3.8, 4) is 0 Å². The van der Waals surface area contributed by atoms with Crippen LogP contribution in [0, 0.1) is 11.2 Å². The predicted molar refractivity (Wildman–Crippen MR) is 80.9 cm³/mol. The number of piperidine rings is 1. The normalized spacial score (nSPS) is 19.6. The van der Waals surface area contributed by atoms with E-state index in [-0.39, 0.29) is 16.1 Å². The minimum atomic E-state index is -3.53. The average molecular weight is 314 g/mol. The molecule has 0 aromatic heterocycles. The molecule has 0 bridgehead atoms. The van der Waals surface area contributed by atoms with E-state index in [0.717, 1.165) is 12.8 Å². The van der Waals surface area contributed by atoms with Crippen molar-refractivity contribution in [3.63, 3.8) is 0 Å². The average Bonchev–Trinajstić information content (AvgIpc) is 2.41. The summed E-state index contributed by atoms with van der Waals surface area (Å²) >= 11 is 0. The Balaban J connectivity index is 2.26. The molecule has 1 fully saturated rings. The van der Waals surface area contributed by atoms with Gasteiger partial charge in [0.15, 0.2) is 0 Å². The van der Waals surface area contributed by atoms with E-state index in [4.69, 9.17) is 0 Å². The summed E-state index contributed by atoms with van der Waals surface area (Å²) in [5.74, 6) is -0.386. The third-order valence-corrected chi connectivity index (χ3v) is 5.99. The van der Waals surface area contributed by atoms with Gasteiger partial charge in [0.1, 0.15) is 5.82 Å². The molecule has 0 radical (unpaired) electrons. The molecule has 4 nitrogen and oxygen atoms in total. The molecule has 0 spiro atoms. The zero-order chi connectivity index (χ0) is 15.7. The number of hydrogen-bond acceptors (Lipinski definition) is 3. The van der Waals surface area contributed by atoms with Crippen molar-refractivity contribution in [3.05, 3.63) is 29.6 Å². The van der Waals surface area contributed by atoms with Crippen LogP contribution in [-0.4, -0.2) is 32.9 Å². The molecule has 0 aliphatic carbocycles. The van der Waals surface area contributed by atoms with E-state index in [1.54, 1.807) is 7.05 Å². The van der Waals surface area contributed by atoms with Gasteiger partial charge in [-0.25, -0.2) is 12.8 Å². The van der Waals surface area contributed by atoms with Gasteiger partial charge in [0.2, 0.25) is 10.0 Å². The van der Waals surface area contributed by atoms with E-state index < -0.39 is 10.0 Å². The summed E-state index contributed by atoms with van der Waals surface area (Å²) in [7, 11) is -1.83. The Morgan fingerprint density at radius 3 is 2.48 bits per heavy atom. The molecule has 1 N–H and O–H groups in total. The van der Waals surface area contributed by atoms with Gasteiger partial charge in [-0.1, -0.05) is 13.8 Å². The maximum Gasteiger partial charge on any atom is 0.243 e. The molecule has 0 amide bonds. The van der Waals surface area contributed by atoms with Crippen LogP contribution in [0.25, 0.3) is 0 Å². The summed E-state index contributed by atoms with van der Waals surface area (Å²) in [4.78, 5) is 0.175. The Hall–Kier alpha value is -0.980. The molecule has 0 atom stereocenters. The molecule has 1 aromatic carbocycles. The summed E-state index contributed by atoms with van der Waals surface area (Å²) in [5, 5.41) is 2.85. The molecule has 1 aliphatic heterocycles. The van der Waals surface area contributed by atoms with Gasteiger partial charge in [-0.3, -0.25) is 0 Å². The molecular weight excluding hydrogens is 291 g/mol. The molecule has 0 saturated carbocycles. The molecule has 1 aromatic rings. The summed E-state index contributed by atoms with van der Waals surface area (Å²) in [6.07, 6.45) is 1.69. The highest BCUT2D eigenvalue weighted by molar-refractivity contribution is 7.89. The van der Waals surface area contributed by atoms with Gasteiger partial charge in [-0.05, 0) is 43.5 Å². The van der Waals surface area contributed by atoms with Crippen molar-refractivity contribution in [1.82, 2.24) is 9.62 Å². The third kappa shape index (κ3) is 3.62. The summed E-state index contributed by atoms with van der Waals surface area (Å²) in [6, 6.07) is 4.01. The van der Waals surface area contributed by atoms with Crippen molar-refractivity contribution >= 4 is 10.0 Å². The van der Waals surface area contributed by atoms with Crippen LogP contribution in [0.5, 0.6) is 0 Å². The number of halogens is 1. The minimum Gasteiger partial charge on any atom is -0.316 e. The quantitative estimate of drug-likeness (QED) is 0.928. The Morgan fingerprint density at radius 1 is 1.29 bits per heavy atom. The smallest absolute Gasteiger partial charge is 0.243 e. The lowest BCUT2D eigenvalue weighted by Gasteiger charge is -2.36. The second-order valence-corrected chi connectivity index (χ2v) is 8.29. The SMILES string of the molecule is CNCc1cc(S(=O)(=O)N2CCC(C)(C)CC2)ccc1F. The van der Waals surface area contributed by atoms with Crippen LogP contribution in [0.3, 0.4) is 0 Å². The number of hydrogen-bond donors (Lipinski definition) is 1. The highest BCUT2D eigenvalue weighted by Gasteiger charge is 2.32. The van der Waals surface area contributed by atoms with Gasteiger partial charge in [0.25, 0.3) is 0 Å². The second-order valence-electron chi connectivity index (χ2n) is 6.35. The molecule has 0 unspecified atom stereocenters. The number of benzene rings is 1. The van der Waals surface area contributed by atoms with Crippen LogP contribution in [0.1, 0.15) is 32.3 Å². The molecular formula is C15H23FN2O2S. The molecule has 1 aliphatic rings. The topological polar surface area (TPSA) is 49.4 Å². The lowest BCUT2D eigenvalue weighted by molar-refractivity contribution is 0.196. The standard InChI is InChI=1S/C15H23FN2O2S/c1-15(2)6-8-18(9-7-15)21(19,20)13-4-5-14(16)12(10-13)11-17-3/h4-5,10,17H,6-9,11H2,1-3H3. The van der Waals surface area contributed by atoms with E-state index >= 15 is 0 Å². The maximum atomic E-state index is 13.6. The zero-order valence-electron chi connectivity index (χ0n) is 12.8. The van der Waals surface area contributed by atoms with E-state index in [0.29, 0.717) is 25.2 Å². The lowest BCUT2D eigenvalue weighted by atomic mass is 9.83. The van der Waals surface area contributed by atoms with E-state index in [9.17, 15) is 12.8 Å². The fraction of sp³-hybridized carbons (Fsp3) is 0.600. The number of nitrogens with one attached hydrogen (secondary N) is 1. The first kappa shape index (κ1) is 16.4. The number of nitrogens with zero attached hydrogens (tertiary/aromatic N) is 1. The minimum absolute atomic E-state index is 0.175. The van der Waals surface area contributed by atoms with Gasteiger partial charge >= 0.3 is 0 Å². The van der Waals surface area contributed by atoms with Crippen molar-refractivity contribution < 1.29 is 12.8 Å². The fourth-order valence-corrected chi connectivity index (χ4v) is 4.01. The molecule has 21 heavy (non-hydrogen) atoms. The first-order valence-electron chi connectivity index (χ1n) is 7.19. The summed E-state index contributed by atoms with van der Waals surface area (Å²) < 4.78 is 40.4. The van der Waals surface area contributed by atoms with E-state index in [2.05, 4.69) is 19.2 Å². The van der Waals surface area contributed by atoms with E-state index in [1.165, 1.54) is 22.5 Å². The number of sulfonamides is 1. The van der Waals surface area contributed by atoms with Crippen molar-refractivity contribution in [2.45, 2.75) is 38.1 Å². The zero-order valence-corrected chi connectivity index (χ0v) is 13.6. The van der Waals surface area contributed by atoms with Crippen molar-refractivity contribution in [1.29, 1.82) is 0 Å². The Bertz CT molecular complexity index is 604. The Labute approximate surface area is 126 Å². The van der Waals surface area contributed by atoms with Crippen molar-refractivity contribution in [2.24, 2.45) is 5.41 Å². The monoisotopic (exact) mass is 314 g/mol. The van der Waals surface area contributed by atoms with Crippen molar-refractivity contribution in [2.75, 3.05) is 20.1 Å². The van der Waals surface area contributed by atoms with Crippen LogP contribution >= 0.6 is 0 Å². The van der Waals surface area contributed by atoms with Gasteiger partial charge in [0, 0.05) is 25.2 Å². The number of rotatable bonds is 4.